The molecule has 0 atom stereocenters. The van der Waals surface area contributed by atoms with Gasteiger partial charge >= 0.3 is 0 Å². The number of furan rings is 1. The van der Waals surface area contributed by atoms with E-state index in [1.54, 1.807) is 12.3 Å². The van der Waals surface area contributed by atoms with Crippen LogP contribution in [0.15, 0.2) is 45.4 Å². The first-order valence-electron chi connectivity index (χ1n) is 5.50. The molecular formula is C14H7BrN2OS. The van der Waals surface area contributed by atoms with Crippen LogP contribution < -0.4 is 0 Å². The molecule has 0 aliphatic carbocycles. The molecule has 0 amide bonds. The van der Waals surface area contributed by atoms with Gasteiger partial charge in [0, 0.05) is 21.6 Å². The Morgan fingerprint density at radius 1 is 1.26 bits per heavy atom. The fourth-order valence-corrected chi connectivity index (χ4v) is 2.41. The monoisotopic (exact) mass is 330 g/mol. The van der Waals surface area contributed by atoms with Gasteiger partial charge in [0.15, 0.2) is 0 Å². The van der Waals surface area contributed by atoms with Crippen molar-refractivity contribution >= 4 is 39.1 Å². The van der Waals surface area contributed by atoms with E-state index in [1.165, 1.54) is 0 Å². The minimum Gasteiger partial charge on any atom is -0.456 e. The second-order valence-electron chi connectivity index (χ2n) is 4.04. The smallest absolute Gasteiger partial charge is 0.136 e. The van der Waals surface area contributed by atoms with E-state index < -0.39 is 0 Å². The number of nitrogens with zero attached hydrogens (tertiary/aromatic N) is 1. The van der Waals surface area contributed by atoms with Gasteiger partial charge in [-0.2, -0.15) is 5.26 Å². The number of nitrogens with one attached hydrogen (secondary N) is 1. The number of nitriles is 1. The molecule has 0 aliphatic heterocycles. The standard InChI is InChI=1S/C14H7BrN2OS/c15-11-1-2-12-8(4-11)5-13(18-12)10-3-9(6-16)14(19)17-7-10/h1-5,7H,(H,17,19). The SMILES string of the molecule is N#Cc1cc(-c2cc3cc(Br)ccc3o2)c[nH]c1=S. The molecule has 1 aromatic carbocycles. The number of fused-ring (bicyclic) bond motifs is 1. The third-order valence-electron chi connectivity index (χ3n) is 2.79. The second-order valence-corrected chi connectivity index (χ2v) is 5.36. The van der Waals surface area contributed by atoms with Gasteiger partial charge in [-0.3, -0.25) is 0 Å². The third kappa shape index (κ3) is 2.21. The summed E-state index contributed by atoms with van der Waals surface area (Å²) in [6.07, 6.45) is 1.75. The second kappa shape index (κ2) is 4.65. The number of aromatic nitrogens is 1. The molecule has 3 aromatic rings. The van der Waals surface area contributed by atoms with Crippen LogP contribution in [-0.4, -0.2) is 4.98 Å². The molecule has 0 unspecified atom stereocenters. The summed E-state index contributed by atoms with van der Waals surface area (Å²) in [5.41, 5.74) is 2.05. The summed E-state index contributed by atoms with van der Waals surface area (Å²) in [5, 5.41) is 10.00. The van der Waals surface area contributed by atoms with Crippen LogP contribution in [-0.2, 0) is 0 Å². The molecule has 19 heavy (non-hydrogen) atoms. The van der Waals surface area contributed by atoms with Gasteiger partial charge in [0.25, 0.3) is 0 Å². The van der Waals surface area contributed by atoms with Crippen molar-refractivity contribution in [2.45, 2.75) is 0 Å². The van der Waals surface area contributed by atoms with E-state index in [0.29, 0.717) is 16.0 Å². The zero-order valence-electron chi connectivity index (χ0n) is 9.61. The molecule has 2 aromatic heterocycles. The maximum Gasteiger partial charge on any atom is 0.136 e. The average Bonchev–Trinajstić information content (AvgIpc) is 2.82. The number of hydrogen-bond donors (Lipinski definition) is 1. The van der Waals surface area contributed by atoms with Crippen molar-refractivity contribution in [3.05, 3.63) is 51.2 Å². The summed E-state index contributed by atoms with van der Waals surface area (Å²) >= 11 is 8.45. The number of hydrogen-bond acceptors (Lipinski definition) is 3. The normalized spacial score (nSPS) is 10.5. The third-order valence-corrected chi connectivity index (χ3v) is 3.62. The quantitative estimate of drug-likeness (QED) is 0.652. The van der Waals surface area contributed by atoms with Gasteiger partial charge in [-0.25, -0.2) is 0 Å². The number of halogens is 1. The largest absolute Gasteiger partial charge is 0.456 e. The number of benzene rings is 1. The highest BCUT2D eigenvalue weighted by Crippen LogP contribution is 2.29. The van der Waals surface area contributed by atoms with Crippen LogP contribution >= 0.6 is 28.1 Å². The number of rotatable bonds is 1. The highest BCUT2D eigenvalue weighted by Gasteiger charge is 2.08. The molecule has 0 saturated carbocycles. The number of pyridine rings is 1. The molecule has 3 rings (SSSR count). The lowest BCUT2D eigenvalue weighted by molar-refractivity contribution is 0.631. The summed E-state index contributed by atoms with van der Waals surface area (Å²) in [5.74, 6) is 0.704. The molecule has 0 radical (unpaired) electrons. The molecule has 5 heteroatoms. The topological polar surface area (TPSA) is 52.7 Å². The molecular weight excluding hydrogens is 324 g/mol. The first-order valence-corrected chi connectivity index (χ1v) is 6.70. The molecule has 0 fully saturated rings. The average molecular weight is 331 g/mol. The van der Waals surface area contributed by atoms with Crippen molar-refractivity contribution in [2.24, 2.45) is 0 Å². The van der Waals surface area contributed by atoms with Gasteiger partial charge in [-0.05, 0) is 30.3 Å². The van der Waals surface area contributed by atoms with E-state index in [4.69, 9.17) is 21.9 Å². The summed E-state index contributed by atoms with van der Waals surface area (Å²) in [6, 6.07) is 11.5. The molecule has 0 saturated heterocycles. The van der Waals surface area contributed by atoms with Gasteiger partial charge in [-0.15, -0.1) is 0 Å². The van der Waals surface area contributed by atoms with Gasteiger partial charge < -0.3 is 9.40 Å². The van der Waals surface area contributed by atoms with Crippen molar-refractivity contribution in [3.8, 4) is 17.4 Å². The molecule has 0 aliphatic rings. The lowest BCUT2D eigenvalue weighted by Gasteiger charge is -1.97. The Labute approximate surface area is 122 Å². The van der Waals surface area contributed by atoms with Crippen LogP contribution in [0.1, 0.15) is 5.56 Å². The van der Waals surface area contributed by atoms with Crippen molar-refractivity contribution in [1.29, 1.82) is 5.26 Å². The number of H-pyrrole nitrogens is 1. The highest BCUT2D eigenvalue weighted by atomic mass is 79.9. The molecule has 0 bridgehead atoms. The fraction of sp³-hybridized carbons (Fsp3) is 0. The first kappa shape index (κ1) is 12.2. The van der Waals surface area contributed by atoms with Crippen LogP contribution in [0.5, 0.6) is 0 Å². The summed E-state index contributed by atoms with van der Waals surface area (Å²) in [6.45, 7) is 0. The van der Waals surface area contributed by atoms with E-state index >= 15 is 0 Å². The van der Waals surface area contributed by atoms with Gasteiger partial charge in [0.2, 0.25) is 0 Å². The van der Waals surface area contributed by atoms with Crippen molar-refractivity contribution < 1.29 is 4.42 Å². The van der Waals surface area contributed by atoms with Gasteiger partial charge in [0.05, 0.1) is 5.56 Å². The molecule has 92 valence electrons. The fourth-order valence-electron chi connectivity index (χ4n) is 1.87. The molecule has 3 nitrogen and oxygen atoms in total. The highest BCUT2D eigenvalue weighted by molar-refractivity contribution is 9.10. The van der Waals surface area contributed by atoms with E-state index in [1.807, 2.05) is 24.3 Å². The zero-order valence-corrected chi connectivity index (χ0v) is 12.0. The predicted molar refractivity (Wildman–Crippen MR) is 79.2 cm³/mol. The Balaban J connectivity index is 2.19. The van der Waals surface area contributed by atoms with Crippen LogP contribution in [0.25, 0.3) is 22.3 Å². The Morgan fingerprint density at radius 3 is 2.89 bits per heavy atom. The lowest BCUT2D eigenvalue weighted by atomic mass is 10.1. The van der Waals surface area contributed by atoms with Crippen LogP contribution in [0.4, 0.5) is 0 Å². The van der Waals surface area contributed by atoms with Crippen molar-refractivity contribution in [1.82, 2.24) is 4.98 Å². The van der Waals surface area contributed by atoms with E-state index in [0.717, 1.165) is 21.0 Å². The van der Waals surface area contributed by atoms with Crippen molar-refractivity contribution in [2.75, 3.05) is 0 Å². The zero-order chi connectivity index (χ0) is 13.4. The summed E-state index contributed by atoms with van der Waals surface area (Å²) in [4.78, 5) is 2.90. The number of aromatic amines is 1. The Kier molecular flexibility index (Phi) is 2.97. The Morgan fingerprint density at radius 2 is 2.11 bits per heavy atom. The Bertz CT molecular complexity index is 873. The van der Waals surface area contributed by atoms with E-state index in [2.05, 4.69) is 27.0 Å². The van der Waals surface area contributed by atoms with Crippen LogP contribution in [0.3, 0.4) is 0 Å². The first-order chi connectivity index (χ1) is 9.17. The summed E-state index contributed by atoms with van der Waals surface area (Å²) < 4.78 is 7.20. The minimum atomic E-state index is 0.435. The maximum atomic E-state index is 8.99. The molecule has 2 heterocycles. The predicted octanol–water partition coefficient (Wildman–Crippen LogP) is 4.79. The molecule has 1 N–H and O–H groups in total. The van der Waals surface area contributed by atoms with Crippen LogP contribution in [0.2, 0.25) is 0 Å². The lowest BCUT2D eigenvalue weighted by Crippen LogP contribution is -1.83. The molecule has 0 spiro atoms. The Hall–Kier alpha value is -1.90. The van der Waals surface area contributed by atoms with E-state index in [-0.39, 0.29) is 0 Å². The van der Waals surface area contributed by atoms with Crippen LogP contribution in [0, 0.1) is 16.0 Å². The summed E-state index contributed by atoms with van der Waals surface area (Å²) in [7, 11) is 0. The van der Waals surface area contributed by atoms with Gasteiger partial charge in [0.1, 0.15) is 22.1 Å². The van der Waals surface area contributed by atoms with Gasteiger partial charge in [-0.1, -0.05) is 28.1 Å². The van der Waals surface area contributed by atoms with E-state index in [9.17, 15) is 0 Å². The maximum absolute atomic E-state index is 8.99. The minimum absolute atomic E-state index is 0.435. The van der Waals surface area contributed by atoms with Crippen molar-refractivity contribution in [3.63, 3.8) is 0 Å².